The van der Waals surface area contributed by atoms with Crippen molar-refractivity contribution in [3.8, 4) is 11.3 Å². The number of amides is 2. The van der Waals surface area contributed by atoms with E-state index in [9.17, 15) is 19.7 Å². The van der Waals surface area contributed by atoms with Crippen LogP contribution in [0.15, 0.2) is 99.8 Å². The van der Waals surface area contributed by atoms with Crippen molar-refractivity contribution in [3.05, 3.63) is 113 Å². The lowest BCUT2D eigenvalue weighted by atomic mass is 10.1. The molecule has 0 unspecified atom stereocenters. The third-order valence-corrected chi connectivity index (χ3v) is 5.65. The number of para-hydroxylation sites is 1. The fourth-order valence-electron chi connectivity index (χ4n) is 3.64. The largest absolute Gasteiger partial charge is 0.451 e. The van der Waals surface area contributed by atoms with Crippen molar-refractivity contribution in [1.29, 1.82) is 0 Å². The van der Waals surface area contributed by atoms with Crippen molar-refractivity contribution in [2.24, 2.45) is 0 Å². The molecule has 0 aliphatic rings. The highest BCUT2D eigenvalue weighted by Gasteiger charge is 2.16. The number of furan rings is 2. The molecule has 0 aliphatic heterocycles. The summed E-state index contributed by atoms with van der Waals surface area (Å²) in [5, 5.41) is 20.0. The zero-order valence-electron chi connectivity index (χ0n) is 19.5. The quantitative estimate of drug-likeness (QED) is 0.139. The highest BCUT2D eigenvalue weighted by atomic mass is 32.1. The fraction of sp³-hybridized carbons (Fsp3) is 0. The van der Waals surface area contributed by atoms with Crippen LogP contribution in [0.25, 0.3) is 22.3 Å². The van der Waals surface area contributed by atoms with E-state index >= 15 is 0 Å². The molecule has 0 fully saturated rings. The maximum absolute atomic E-state index is 12.5. The fourth-order valence-corrected chi connectivity index (χ4v) is 3.85. The number of fused-ring (bicyclic) bond motifs is 1. The first-order chi connectivity index (χ1) is 18.4. The van der Waals surface area contributed by atoms with E-state index in [0.29, 0.717) is 28.3 Å². The molecule has 2 aromatic heterocycles. The van der Waals surface area contributed by atoms with E-state index in [1.54, 1.807) is 48.5 Å². The Morgan fingerprint density at radius 3 is 2.24 bits per heavy atom. The molecule has 3 N–H and O–H groups in total. The smallest absolute Gasteiger partial charge is 0.293 e. The van der Waals surface area contributed by atoms with Crippen molar-refractivity contribution in [1.82, 2.24) is 5.32 Å². The highest BCUT2D eigenvalue weighted by Crippen LogP contribution is 2.26. The standard InChI is InChI=1S/C27H18N4O6S/c32-25(23-13-12-22(36-23)16-5-3-6-20(14-16)31(34)35)30-27(38)29-19-10-8-18(9-11-19)28-26(33)24-15-17-4-1-2-7-21(17)37-24/h1-15H,(H,28,33)(H2,29,30,32,38). The molecule has 2 heterocycles. The first kappa shape index (κ1) is 24.4. The number of carbonyl (C=O) groups excluding carboxylic acids is 2. The summed E-state index contributed by atoms with van der Waals surface area (Å²) in [5.74, 6) is -0.484. The monoisotopic (exact) mass is 526 g/mol. The summed E-state index contributed by atoms with van der Waals surface area (Å²) in [7, 11) is 0. The van der Waals surface area contributed by atoms with Crippen LogP contribution in [0.4, 0.5) is 17.1 Å². The zero-order chi connectivity index (χ0) is 26.6. The molecule has 0 saturated carbocycles. The van der Waals surface area contributed by atoms with E-state index in [4.69, 9.17) is 21.1 Å². The number of nitro groups is 1. The predicted molar refractivity (Wildman–Crippen MR) is 145 cm³/mol. The first-order valence-electron chi connectivity index (χ1n) is 11.2. The number of nitro benzene ring substituents is 1. The van der Waals surface area contributed by atoms with E-state index in [-0.39, 0.29) is 28.2 Å². The number of hydrogen-bond donors (Lipinski definition) is 3. The van der Waals surface area contributed by atoms with Gasteiger partial charge in [-0.2, -0.15) is 0 Å². The number of thiocarbonyl (C=S) groups is 1. The molecule has 2 amide bonds. The van der Waals surface area contributed by atoms with Crippen molar-refractivity contribution < 1.29 is 23.3 Å². The number of non-ortho nitro benzene ring substituents is 1. The SMILES string of the molecule is O=C(NC(=S)Nc1ccc(NC(=O)c2cc3ccccc3o2)cc1)c1ccc(-c2cccc([N+](=O)[O-])c2)o1. The first-order valence-corrected chi connectivity index (χ1v) is 11.6. The second kappa shape index (κ2) is 10.4. The van der Waals surface area contributed by atoms with Crippen LogP contribution in [0.3, 0.4) is 0 Å². The predicted octanol–water partition coefficient (Wildman–Crippen LogP) is 5.98. The maximum atomic E-state index is 12.5. The van der Waals surface area contributed by atoms with Crippen LogP contribution in [0, 0.1) is 10.1 Å². The lowest BCUT2D eigenvalue weighted by Crippen LogP contribution is -2.33. The molecule has 11 heteroatoms. The van der Waals surface area contributed by atoms with Crippen molar-refractivity contribution in [2.75, 3.05) is 10.6 Å². The van der Waals surface area contributed by atoms with Gasteiger partial charge in [0.25, 0.3) is 17.5 Å². The number of nitrogens with zero attached hydrogens (tertiary/aromatic N) is 1. The molecule has 0 bridgehead atoms. The second-order valence-electron chi connectivity index (χ2n) is 8.06. The highest BCUT2D eigenvalue weighted by molar-refractivity contribution is 7.80. The van der Waals surface area contributed by atoms with Gasteiger partial charge in [-0.1, -0.05) is 30.3 Å². The summed E-state index contributed by atoms with van der Waals surface area (Å²) >= 11 is 5.21. The van der Waals surface area contributed by atoms with Crippen molar-refractivity contribution >= 4 is 57.2 Å². The number of rotatable bonds is 6. The van der Waals surface area contributed by atoms with Crippen LogP contribution in [-0.2, 0) is 0 Å². The molecular formula is C27H18N4O6S. The average Bonchev–Trinajstić information content (AvgIpc) is 3.58. The zero-order valence-corrected chi connectivity index (χ0v) is 20.3. The van der Waals surface area contributed by atoms with Crippen LogP contribution >= 0.6 is 12.2 Å². The van der Waals surface area contributed by atoms with Crippen LogP contribution < -0.4 is 16.0 Å². The third-order valence-electron chi connectivity index (χ3n) is 5.45. The molecule has 0 spiro atoms. The maximum Gasteiger partial charge on any atom is 0.293 e. The van der Waals surface area contributed by atoms with Crippen molar-refractivity contribution in [2.45, 2.75) is 0 Å². The molecule has 188 valence electrons. The number of carbonyl (C=O) groups is 2. The molecular weight excluding hydrogens is 508 g/mol. The summed E-state index contributed by atoms with van der Waals surface area (Å²) in [6.45, 7) is 0. The Balaban J connectivity index is 1.17. The molecule has 5 aromatic rings. The van der Waals surface area contributed by atoms with Gasteiger partial charge in [0.05, 0.1) is 4.92 Å². The van der Waals surface area contributed by atoms with Crippen LogP contribution in [0.2, 0.25) is 0 Å². The van der Waals surface area contributed by atoms with Crippen LogP contribution in [0.5, 0.6) is 0 Å². The molecule has 0 saturated heterocycles. The summed E-state index contributed by atoms with van der Waals surface area (Å²) in [6, 6.07) is 24.6. The summed E-state index contributed by atoms with van der Waals surface area (Å²) in [4.78, 5) is 35.5. The number of nitrogens with one attached hydrogen (secondary N) is 3. The second-order valence-corrected chi connectivity index (χ2v) is 8.47. The molecule has 0 aliphatic carbocycles. The van der Waals surface area contributed by atoms with E-state index in [0.717, 1.165) is 5.39 Å². The van der Waals surface area contributed by atoms with Gasteiger partial charge in [-0.15, -0.1) is 0 Å². The minimum Gasteiger partial charge on any atom is -0.451 e. The Morgan fingerprint density at radius 1 is 0.763 bits per heavy atom. The Hall–Kier alpha value is -5.29. The van der Waals surface area contributed by atoms with E-state index < -0.39 is 10.8 Å². The van der Waals surface area contributed by atoms with Gasteiger partial charge in [0.2, 0.25) is 0 Å². The molecule has 5 rings (SSSR count). The number of hydrogen-bond acceptors (Lipinski definition) is 7. The van der Waals surface area contributed by atoms with Gasteiger partial charge in [-0.05, 0) is 60.7 Å². The van der Waals surface area contributed by atoms with Crippen molar-refractivity contribution in [3.63, 3.8) is 0 Å². The molecule has 38 heavy (non-hydrogen) atoms. The van der Waals surface area contributed by atoms with Gasteiger partial charge in [0.1, 0.15) is 11.3 Å². The summed E-state index contributed by atoms with van der Waals surface area (Å²) < 4.78 is 11.1. The normalized spacial score (nSPS) is 10.6. The minimum absolute atomic E-state index is 0.0145. The summed E-state index contributed by atoms with van der Waals surface area (Å²) in [6.07, 6.45) is 0. The topological polar surface area (TPSA) is 140 Å². The number of benzene rings is 3. The van der Waals surface area contributed by atoms with E-state index in [1.165, 1.54) is 24.3 Å². The molecule has 0 atom stereocenters. The minimum atomic E-state index is -0.589. The Kier molecular flexibility index (Phi) is 6.66. The van der Waals surface area contributed by atoms with Gasteiger partial charge < -0.3 is 19.5 Å². The molecule has 0 radical (unpaired) electrons. The Morgan fingerprint density at radius 2 is 1.50 bits per heavy atom. The number of anilines is 2. The summed E-state index contributed by atoms with van der Waals surface area (Å²) in [5.41, 5.74) is 2.12. The van der Waals surface area contributed by atoms with Crippen LogP contribution in [-0.4, -0.2) is 21.9 Å². The van der Waals surface area contributed by atoms with E-state index in [1.807, 2.05) is 18.2 Å². The Labute approximate surface area is 220 Å². The van der Waals surface area contributed by atoms with Gasteiger partial charge in [0, 0.05) is 34.5 Å². The molecule has 3 aromatic carbocycles. The third kappa shape index (κ3) is 5.42. The molecule has 10 nitrogen and oxygen atoms in total. The average molecular weight is 527 g/mol. The lowest BCUT2D eigenvalue weighted by molar-refractivity contribution is -0.384. The van der Waals surface area contributed by atoms with Gasteiger partial charge in [-0.3, -0.25) is 25.0 Å². The lowest BCUT2D eigenvalue weighted by Gasteiger charge is -2.10. The Bertz CT molecular complexity index is 1660. The van der Waals surface area contributed by atoms with Crippen LogP contribution in [0.1, 0.15) is 21.1 Å². The van der Waals surface area contributed by atoms with Gasteiger partial charge in [-0.25, -0.2) is 0 Å². The van der Waals surface area contributed by atoms with E-state index in [2.05, 4.69) is 16.0 Å². The van der Waals surface area contributed by atoms with Gasteiger partial charge >= 0.3 is 0 Å². The van der Waals surface area contributed by atoms with Gasteiger partial charge in [0.15, 0.2) is 16.6 Å².